The highest BCUT2D eigenvalue weighted by atomic mass is 32.2. The van der Waals surface area contributed by atoms with E-state index in [0.29, 0.717) is 18.7 Å². The van der Waals surface area contributed by atoms with Crippen molar-refractivity contribution in [2.24, 2.45) is 5.14 Å². The molecule has 0 fully saturated rings. The van der Waals surface area contributed by atoms with Crippen LogP contribution in [0.3, 0.4) is 0 Å². The van der Waals surface area contributed by atoms with Crippen molar-refractivity contribution in [3.63, 3.8) is 0 Å². The molecule has 4 N–H and O–H groups in total. The van der Waals surface area contributed by atoms with Crippen LogP contribution < -0.4 is 10.5 Å². The lowest BCUT2D eigenvalue weighted by molar-refractivity contribution is 0.0697. The number of aromatic carboxylic acids is 1. The fraction of sp³-hybridized carbons (Fsp3) is 0.167. The molecule has 0 unspecified atom stereocenters. The molecule has 0 atom stereocenters. The summed E-state index contributed by atoms with van der Waals surface area (Å²) in [7, 11) is -3.93. The summed E-state index contributed by atoms with van der Waals surface area (Å²) in [6, 6.07) is 3.71. The molecule has 9 heteroatoms. The number of carboxylic acid groups (broad SMARTS) is 1. The van der Waals surface area contributed by atoms with Gasteiger partial charge in [0.15, 0.2) is 0 Å². The zero-order chi connectivity index (χ0) is 15.5. The Bertz CT molecular complexity index is 742. The van der Waals surface area contributed by atoms with E-state index in [1.807, 2.05) is 5.38 Å². The van der Waals surface area contributed by atoms with Crippen molar-refractivity contribution in [3.05, 3.63) is 40.3 Å². The maximum atomic E-state index is 11.2. The molecule has 0 aliphatic rings. The normalized spacial score (nSPS) is 11.3. The number of hydrogen-bond donors (Lipinski definition) is 3. The first-order valence-electron chi connectivity index (χ1n) is 5.89. The van der Waals surface area contributed by atoms with Gasteiger partial charge < -0.3 is 10.4 Å². The molecule has 2 rings (SSSR count). The summed E-state index contributed by atoms with van der Waals surface area (Å²) >= 11 is 1.48. The van der Waals surface area contributed by atoms with Gasteiger partial charge in [0.05, 0.1) is 21.7 Å². The third kappa shape index (κ3) is 4.00. The molecule has 0 amide bonds. The zero-order valence-corrected chi connectivity index (χ0v) is 12.4. The van der Waals surface area contributed by atoms with Crippen molar-refractivity contribution < 1.29 is 18.3 Å². The number of benzene rings is 1. The number of nitrogens with two attached hydrogens (primary N) is 1. The summed E-state index contributed by atoms with van der Waals surface area (Å²) in [4.78, 5) is 15.1. The Balaban J connectivity index is 2.17. The van der Waals surface area contributed by atoms with Gasteiger partial charge in [0.1, 0.15) is 0 Å². The number of sulfonamides is 1. The van der Waals surface area contributed by atoms with Crippen LogP contribution in [0.5, 0.6) is 0 Å². The van der Waals surface area contributed by atoms with Crippen molar-refractivity contribution in [2.75, 3.05) is 11.9 Å². The standard InChI is InChI=1S/C12H13N3O4S2/c13-21(18,19)9-1-2-11(10(5-9)12(16)17)14-4-3-8-6-20-7-15-8/h1-2,5-7,14H,3-4H2,(H,16,17)(H2,13,18,19). The summed E-state index contributed by atoms with van der Waals surface area (Å²) < 4.78 is 22.5. The summed E-state index contributed by atoms with van der Waals surface area (Å²) in [6.07, 6.45) is 0.638. The molecule has 112 valence electrons. The average molecular weight is 327 g/mol. The first-order chi connectivity index (χ1) is 9.88. The average Bonchev–Trinajstić information content (AvgIpc) is 2.90. The molecule has 21 heavy (non-hydrogen) atoms. The van der Waals surface area contributed by atoms with Gasteiger partial charge in [-0.3, -0.25) is 0 Å². The lowest BCUT2D eigenvalue weighted by Gasteiger charge is -2.10. The first kappa shape index (κ1) is 15.4. The number of nitrogens with one attached hydrogen (secondary N) is 1. The smallest absolute Gasteiger partial charge is 0.337 e. The predicted molar refractivity (Wildman–Crippen MR) is 79.1 cm³/mol. The number of primary sulfonamides is 1. The van der Waals surface area contributed by atoms with Crippen molar-refractivity contribution in [1.82, 2.24) is 4.98 Å². The Morgan fingerprint density at radius 3 is 2.76 bits per heavy atom. The fourth-order valence-corrected chi connectivity index (χ4v) is 2.85. The number of anilines is 1. The quantitative estimate of drug-likeness (QED) is 0.731. The Hall–Kier alpha value is -1.97. The van der Waals surface area contributed by atoms with E-state index in [0.717, 1.165) is 11.8 Å². The molecular formula is C12H13N3O4S2. The lowest BCUT2D eigenvalue weighted by atomic mass is 10.1. The third-order valence-electron chi connectivity index (χ3n) is 2.73. The van der Waals surface area contributed by atoms with E-state index in [4.69, 9.17) is 10.2 Å². The van der Waals surface area contributed by atoms with Crippen LogP contribution in [0.15, 0.2) is 34.0 Å². The molecule has 2 aromatic rings. The van der Waals surface area contributed by atoms with Crippen LogP contribution in [0.1, 0.15) is 16.1 Å². The minimum absolute atomic E-state index is 0.139. The van der Waals surface area contributed by atoms with E-state index >= 15 is 0 Å². The molecule has 1 aromatic heterocycles. The molecule has 0 aliphatic carbocycles. The lowest BCUT2D eigenvalue weighted by Crippen LogP contribution is -2.15. The SMILES string of the molecule is NS(=O)(=O)c1ccc(NCCc2cscn2)c(C(=O)O)c1. The maximum Gasteiger partial charge on any atom is 0.337 e. The van der Waals surface area contributed by atoms with Crippen LogP contribution in [-0.2, 0) is 16.4 Å². The van der Waals surface area contributed by atoms with Crippen LogP contribution in [-0.4, -0.2) is 31.0 Å². The number of hydrogen-bond acceptors (Lipinski definition) is 6. The molecule has 0 saturated carbocycles. The highest BCUT2D eigenvalue weighted by molar-refractivity contribution is 7.89. The van der Waals surface area contributed by atoms with Crippen molar-refractivity contribution in [2.45, 2.75) is 11.3 Å². The van der Waals surface area contributed by atoms with E-state index in [-0.39, 0.29) is 10.5 Å². The van der Waals surface area contributed by atoms with Gasteiger partial charge in [0, 0.05) is 24.0 Å². The first-order valence-corrected chi connectivity index (χ1v) is 8.38. The van der Waals surface area contributed by atoms with Gasteiger partial charge in [-0.25, -0.2) is 23.3 Å². The molecule has 0 aliphatic heterocycles. The summed E-state index contributed by atoms with van der Waals surface area (Å²) in [6.45, 7) is 0.485. The largest absolute Gasteiger partial charge is 0.478 e. The summed E-state index contributed by atoms with van der Waals surface area (Å²) in [5.74, 6) is -1.23. The molecule has 0 spiro atoms. The monoisotopic (exact) mass is 327 g/mol. The number of carbonyl (C=O) groups is 1. The van der Waals surface area contributed by atoms with Crippen LogP contribution in [0.2, 0.25) is 0 Å². The van der Waals surface area contributed by atoms with Gasteiger partial charge in [0.2, 0.25) is 10.0 Å². The van der Waals surface area contributed by atoms with Crippen LogP contribution in [0, 0.1) is 0 Å². The van der Waals surface area contributed by atoms with E-state index in [1.165, 1.54) is 23.5 Å². The molecule has 0 saturated heterocycles. The van der Waals surface area contributed by atoms with Crippen molar-refractivity contribution in [1.29, 1.82) is 0 Å². The van der Waals surface area contributed by atoms with E-state index in [1.54, 1.807) is 5.51 Å². The van der Waals surface area contributed by atoms with Gasteiger partial charge in [-0.15, -0.1) is 11.3 Å². The van der Waals surface area contributed by atoms with Gasteiger partial charge in [-0.05, 0) is 18.2 Å². The molecule has 1 heterocycles. The number of thiazole rings is 1. The van der Waals surface area contributed by atoms with Gasteiger partial charge in [0.25, 0.3) is 0 Å². The highest BCUT2D eigenvalue weighted by Crippen LogP contribution is 2.20. The minimum atomic E-state index is -3.93. The highest BCUT2D eigenvalue weighted by Gasteiger charge is 2.15. The van der Waals surface area contributed by atoms with E-state index < -0.39 is 16.0 Å². The van der Waals surface area contributed by atoms with Crippen molar-refractivity contribution in [3.8, 4) is 0 Å². The molecule has 0 radical (unpaired) electrons. The van der Waals surface area contributed by atoms with E-state index in [9.17, 15) is 13.2 Å². The Labute approximate surface area is 125 Å². The number of aromatic nitrogens is 1. The van der Waals surface area contributed by atoms with Crippen LogP contribution >= 0.6 is 11.3 Å². The Kier molecular flexibility index (Phi) is 4.56. The zero-order valence-electron chi connectivity index (χ0n) is 10.8. The molecule has 1 aromatic carbocycles. The number of carboxylic acids is 1. The Morgan fingerprint density at radius 1 is 1.43 bits per heavy atom. The van der Waals surface area contributed by atoms with Gasteiger partial charge in [-0.1, -0.05) is 0 Å². The molecule has 7 nitrogen and oxygen atoms in total. The van der Waals surface area contributed by atoms with Crippen LogP contribution in [0.25, 0.3) is 0 Å². The molecule has 0 bridgehead atoms. The topological polar surface area (TPSA) is 122 Å². The Morgan fingerprint density at radius 2 is 2.19 bits per heavy atom. The fourth-order valence-electron chi connectivity index (χ4n) is 1.72. The number of rotatable bonds is 6. The van der Waals surface area contributed by atoms with Gasteiger partial charge >= 0.3 is 5.97 Å². The third-order valence-corrected chi connectivity index (χ3v) is 4.28. The van der Waals surface area contributed by atoms with E-state index in [2.05, 4.69) is 10.3 Å². The second kappa shape index (κ2) is 6.20. The second-order valence-corrected chi connectivity index (χ2v) is 6.49. The van der Waals surface area contributed by atoms with Crippen molar-refractivity contribution >= 4 is 33.0 Å². The minimum Gasteiger partial charge on any atom is -0.478 e. The predicted octanol–water partition coefficient (Wildman–Crippen LogP) is 1.14. The van der Waals surface area contributed by atoms with Crippen LogP contribution in [0.4, 0.5) is 5.69 Å². The summed E-state index contributed by atoms with van der Waals surface area (Å²) in [5.41, 5.74) is 2.83. The second-order valence-electron chi connectivity index (χ2n) is 4.21. The number of nitrogens with zero attached hydrogens (tertiary/aromatic N) is 1. The summed E-state index contributed by atoms with van der Waals surface area (Å²) in [5, 5.41) is 19.0. The van der Waals surface area contributed by atoms with Gasteiger partial charge in [-0.2, -0.15) is 0 Å². The molecular weight excluding hydrogens is 314 g/mol. The maximum absolute atomic E-state index is 11.2.